The Morgan fingerprint density at radius 2 is 1.73 bits per heavy atom. The lowest BCUT2D eigenvalue weighted by Gasteiger charge is -2.29. The van der Waals surface area contributed by atoms with Crippen LogP contribution in [0.15, 0.2) is 48.5 Å². The van der Waals surface area contributed by atoms with Crippen LogP contribution in [0.25, 0.3) is 0 Å². The van der Waals surface area contributed by atoms with Crippen molar-refractivity contribution in [3.63, 3.8) is 0 Å². The minimum atomic E-state index is -0.0115. The highest BCUT2D eigenvalue weighted by Gasteiger charge is 2.21. The van der Waals surface area contributed by atoms with E-state index in [9.17, 15) is 4.79 Å². The summed E-state index contributed by atoms with van der Waals surface area (Å²) in [5.41, 5.74) is 4.70. The van der Waals surface area contributed by atoms with Gasteiger partial charge >= 0.3 is 6.03 Å². The Hall–Kier alpha value is -2.29. The lowest BCUT2D eigenvalue weighted by atomic mass is 10.00. The maximum Gasteiger partial charge on any atom is 0.322 e. The quantitative estimate of drug-likeness (QED) is 0.874. The number of amides is 2. The van der Waals surface area contributed by atoms with Crippen molar-refractivity contribution < 1.29 is 4.79 Å². The highest BCUT2D eigenvalue weighted by molar-refractivity contribution is 5.90. The number of benzene rings is 2. The Kier molecular flexibility index (Phi) is 4.14. The Labute approximate surface area is 132 Å². The molecule has 3 nitrogen and oxygen atoms in total. The zero-order valence-electron chi connectivity index (χ0n) is 13.2. The second kappa shape index (κ2) is 6.22. The average molecular weight is 294 g/mol. The molecule has 0 unspecified atom stereocenters. The summed E-state index contributed by atoms with van der Waals surface area (Å²) in [4.78, 5) is 14.5. The van der Waals surface area contributed by atoms with Crippen LogP contribution < -0.4 is 5.32 Å². The Bertz CT molecular complexity index is 679. The summed E-state index contributed by atoms with van der Waals surface area (Å²) in [6.07, 6.45) is 0.926. The molecule has 1 N–H and O–H groups in total. The van der Waals surface area contributed by atoms with E-state index in [0.717, 1.165) is 18.7 Å². The first-order valence-electron chi connectivity index (χ1n) is 7.87. The van der Waals surface area contributed by atoms with E-state index in [2.05, 4.69) is 43.4 Å². The van der Waals surface area contributed by atoms with Crippen LogP contribution in [0.2, 0.25) is 0 Å². The minimum absolute atomic E-state index is 0.0115. The summed E-state index contributed by atoms with van der Waals surface area (Å²) < 4.78 is 0. The molecular weight excluding hydrogens is 272 g/mol. The Morgan fingerprint density at radius 1 is 1.05 bits per heavy atom. The molecule has 0 fully saturated rings. The lowest BCUT2D eigenvalue weighted by molar-refractivity contribution is 0.206. The standard InChI is InChI=1S/C19H22N2O/c1-14(2)17-9-5-6-10-18(17)20-19(22)21-12-11-15-7-3-4-8-16(15)13-21/h3-10,14H,11-13H2,1-2H3,(H,20,22). The van der Waals surface area contributed by atoms with Crippen LogP contribution in [0.4, 0.5) is 10.5 Å². The maximum atomic E-state index is 12.6. The topological polar surface area (TPSA) is 32.3 Å². The maximum absolute atomic E-state index is 12.6. The molecule has 2 amide bonds. The van der Waals surface area contributed by atoms with Crippen molar-refractivity contribution >= 4 is 11.7 Å². The van der Waals surface area contributed by atoms with Gasteiger partial charge in [-0.15, -0.1) is 0 Å². The second-order valence-corrected chi connectivity index (χ2v) is 6.11. The molecule has 1 aliphatic rings. The van der Waals surface area contributed by atoms with Crippen LogP contribution in [-0.4, -0.2) is 17.5 Å². The highest BCUT2D eigenvalue weighted by atomic mass is 16.2. The number of anilines is 1. The molecule has 3 rings (SSSR count). The van der Waals surface area contributed by atoms with Crippen molar-refractivity contribution in [2.24, 2.45) is 0 Å². The Balaban J connectivity index is 1.74. The highest BCUT2D eigenvalue weighted by Crippen LogP contribution is 2.25. The predicted molar refractivity (Wildman–Crippen MR) is 90.1 cm³/mol. The number of urea groups is 1. The van der Waals surface area contributed by atoms with Gasteiger partial charge in [0.25, 0.3) is 0 Å². The lowest BCUT2D eigenvalue weighted by Crippen LogP contribution is -2.39. The van der Waals surface area contributed by atoms with Gasteiger partial charge in [0, 0.05) is 18.8 Å². The van der Waals surface area contributed by atoms with Crippen LogP contribution in [0.1, 0.15) is 36.5 Å². The van der Waals surface area contributed by atoms with E-state index in [1.165, 1.54) is 16.7 Å². The van der Waals surface area contributed by atoms with Gasteiger partial charge in [-0.2, -0.15) is 0 Å². The first-order chi connectivity index (χ1) is 10.6. The number of nitrogens with zero attached hydrogens (tertiary/aromatic N) is 1. The number of hydrogen-bond acceptors (Lipinski definition) is 1. The van der Waals surface area contributed by atoms with Gasteiger partial charge in [-0.05, 0) is 35.1 Å². The van der Waals surface area contributed by atoms with Crippen molar-refractivity contribution in [2.75, 3.05) is 11.9 Å². The molecule has 114 valence electrons. The molecule has 0 bridgehead atoms. The van der Waals surface area contributed by atoms with Crippen LogP contribution in [-0.2, 0) is 13.0 Å². The van der Waals surface area contributed by atoms with E-state index < -0.39 is 0 Å². The normalized spacial score (nSPS) is 13.9. The minimum Gasteiger partial charge on any atom is -0.320 e. The van der Waals surface area contributed by atoms with Crippen molar-refractivity contribution in [3.05, 3.63) is 65.2 Å². The summed E-state index contributed by atoms with van der Waals surface area (Å²) in [5, 5.41) is 3.08. The molecule has 0 spiro atoms. The number of carbonyl (C=O) groups excluding carboxylic acids is 1. The molecule has 0 radical (unpaired) electrons. The van der Waals surface area contributed by atoms with E-state index in [-0.39, 0.29) is 6.03 Å². The van der Waals surface area contributed by atoms with Crippen LogP contribution in [0.5, 0.6) is 0 Å². The summed E-state index contributed by atoms with van der Waals surface area (Å²) >= 11 is 0. The van der Waals surface area contributed by atoms with Gasteiger partial charge in [0.2, 0.25) is 0 Å². The molecule has 0 saturated carbocycles. The van der Waals surface area contributed by atoms with Crippen molar-refractivity contribution in [3.8, 4) is 0 Å². The SMILES string of the molecule is CC(C)c1ccccc1NC(=O)N1CCc2ccccc2C1. The fourth-order valence-electron chi connectivity index (χ4n) is 2.98. The molecule has 1 aliphatic heterocycles. The van der Waals surface area contributed by atoms with Gasteiger partial charge in [0.15, 0.2) is 0 Å². The molecular formula is C19H22N2O. The van der Waals surface area contributed by atoms with Crippen LogP contribution in [0, 0.1) is 0 Å². The fraction of sp³-hybridized carbons (Fsp3) is 0.316. The van der Waals surface area contributed by atoms with E-state index in [1.807, 2.05) is 29.2 Å². The zero-order valence-corrected chi connectivity index (χ0v) is 13.2. The molecule has 0 saturated heterocycles. The molecule has 1 heterocycles. The van der Waals surface area contributed by atoms with Gasteiger partial charge in [0.05, 0.1) is 0 Å². The number of nitrogens with one attached hydrogen (secondary N) is 1. The molecule has 2 aromatic carbocycles. The third-order valence-electron chi connectivity index (χ3n) is 4.24. The van der Waals surface area contributed by atoms with E-state index in [4.69, 9.17) is 0 Å². The molecule has 0 atom stereocenters. The van der Waals surface area contributed by atoms with Gasteiger partial charge in [-0.3, -0.25) is 0 Å². The first kappa shape index (κ1) is 14.6. The largest absolute Gasteiger partial charge is 0.322 e. The number of hydrogen-bond donors (Lipinski definition) is 1. The molecule has 2 aromatic rings. The third kappa shape index (κ3) is 2.98. The predicted octanol–water partition coefficient (Wildman–Crippen LogP) is 4.40. The number of rotatable bonds is 2. The average Bonchev–Trinajstić information content (AvgIpc) is 2.54. The third-order valence-corrected chi connectivity index (χ3v) is 4.24. The van der Waals surface area contributed by atoms with Gasteiger partial charge < -0.3 is 10.2 Å². The van der Waals surface area contributed by atoms with Gasteiger partial charge in [0.1, 0.15) is 0 Å². The molecule has 3 heteroatoms. The van der Waals surface area contributed by atoms with Crippen LogP contribution in [0.3, 0.4) is 0 Å². The van der Waals surface area contributed by atoms with Gasteiger partial charge in [-0.25, -0.2) is 4.79 Å². The van der Waals surface area contributed by atoms with Crippen molar-refractivity contribution in [1.82, 2.24) is 4.90 Å². The summed E-state index contributed by atoms with van der Waals surface area (Å²) in [5.74, 6) is 0.388. The van der Waals surface area contributed by atoms with Crippen molar-refractivity contribution in [2.45, 2.75) is 32.7 Å². The summed E-state index contributed by atoms with van der Waals surface area (Å²) in [7, 11) is 0. The van der Waals surface area contributed by atoms with Crippen molar-refractivity contribution in [1.29, 1.82) is 0 Å². The molecule has 0 aromatic heterocycles. The fourth-order valence-corrected chi connectivity index (χ4v) is 2.98. The van der Waals surface area contributed by atoms with Gasteiger partial charge in [-0.1, -0.05) is 56.3 Å². The molecule has 22 heavy (non-hydrogen) atoms. The zero-order chi connectivity index (χ0) is 15.5. The van der Waals surface area contributed by atoms with Crippen LogP contribution >= 0.6 is 0 Å². The molecule has 0 aliphatic carbocycles. The smallest absolute Gasteiger partial charge is 0.320 e. The second-order valence-electron chi connectivity index (χ2n) is 6.11. The first-order valence-corrected chi connectivity index (χ1v) is 7.87. The Morgan fingerprint density at radius 3 is 2.50 bits per heavy atom. The van der Waals surface area contributed by atoms with E-state index in [1.54, 1.807) is 0 Å². The number of carbonyl (C=O) groups is 1. The van der Waals surface area contributed by atoms with E-state index >= 15 is 0 Å². The summed E-state index contributed by atoms with van der Waals surface area (Å²) in [6.45, 7) is 5.74. The summed E-state index contributed by atoms with van der Waals surface area (Å²) in [6, 6.07) is 16.4. The van der Waals surface area contributed by atoms with E-state index in [0.29, 0.717) is 12.5 Å². The number of fused-ring (bicyclic) bond motifs is 1. The number of para-hydroxylation sites is 1. The monoisotopic (exact) mass is 294 g/mol.